The maximum Gasteiger partial charge on any atom is 0.407 e. The maximum atomic E-state index is 11.3. The minimum Gasteiger partial charge on any atom is -0.444 e. The molecule has 1 radical (unpaired) electrons. The highest BCUT2D eigenvalue weighted by atomic mass is 16.6. The van der Waals surface area contributed by atoms with Gasteiger partial charge in [0.2, 0.25) is 0 Å². The molecule has 0 saturated carbocycles. The highest BCUT2D eigenvalue weighted by Crippen LogP contribution is 2.07. The fourth-order valence-electron chi connectivity index (χ4n) is 1.05. The summed E-state index contributed by atoms with van der Waals surface area (Å²) in [4.78, 5) is 15.4. The third-order valence-electron chi connectivity index (χ3n) is 1.72. The Balaban J connectivity index is 2.40. The Hall–Kier alpha value is -1.58. The molecular formula is C12H17N2O2. The molecule has 1 heterocycles. The van der Waals surface area contributed by atoms with Gasteiger partial charge >= 0.3 is 6.09 Å². The predicted molar refractivity (Wildman–Crippen MR) is 61.8 cm³/mol. The molecule has 0 bridgehead atoms. The first-order valence-electron chi connectivity index (χ1n) is 5.10. The topological polar surface area (TPSA) is 51.2 Å². The molecule has 1 rings (SSSR count). The highest BCUT2D eigenvalue weighted by Gasteiger charge is 2.15. The first-order valence-corrected chi connectivity index (χ1v) is 5.10. The average Bonchev–Trinajstić information content (AvgIpc) is 2.14. The van der Waals surface area contributed by atoms with Gasteiger partial charge in [-0.1, -0.05) is 6.07 Å². The SMILES string of the molecule is [CH2]c1ccc(CNC(=O)OC(C)(C)C)cn1. The number of hydrogen-bond acceptors (Lipinski definition) is 3. The number of nitrogens with one attached hydrogen (secondary N) is 1. The van der Waals surface area contributed by atoms with Gasteiger partial charge in [0.05, 0.1) is 0 Å². The molecule has 0 aromatic carbocycles. The molecule has 0 saturated heterocycles. The van der Waals surface area contributed by atoms with E-state index in [2.05, 4.69) is 17.2 Å². The summed E-state index contributed by atoms with van der Waals surface area (Å²) in [5.74, 6) is 0. The van der Waals surface area contributed by atoms with E-state index in [4.69, 9.17) is 4.74 Å². The van der Waals surface area contributed by atoms with E-state index in [9.17, 15) is 4.79 Å². The maximum absolute atomic E-state index is 11.3. The van der Waals surface area contributed by atoms with Crippen LogP contribution in [0.15, 0.2) is 18.3 Å². The first-order chi connectivity index (χ1) is 7.37. The highest BCUT2D eigenvalue weighted by molar-refractivity contribution is 5.67. The molecule has 1 aromatic rings. The fraction of sp³-hybridized carbons (Fsp3) is 0.417. The summed E-state index contributed by atoms with van der Waals surface area (Å²) in [6.07, 6.45) is 1.26. The summed E-state index contributed by atoms with van der Waals surface area (Å²) >= 11 is 0. The Kier molecular flexibility index (Phi) is 3.88. The largest absolute Gasteiger partial charge is 0.444 e. The standard InChI is InChI=1S/C12H17N2O2/c1-9-5-6-10(7-13-9)8-14-11(15)16-12(2,3)4/h5-7H,1,8H2,2-4H3,(H,14,15). The lowest BCUT2D eigenvalue weighted by Crippen LogP contribution is -2.32. The second kappa shape index (κ2) is 4.96. The Morgan fingerprint density at radius 2 is 2.19 bits per heavy atom. The van der Waals surface area contributed by atoms with Gasteiger partial charge in [-0.15, -0.1) is 0 Å². The van der Waals surface area contributed by atoms with Gasteiger partial charge < -0.3 is 10.1 Å². The van der Waals surface area contributed by atoms with Crippen molar-refractivity contribution in [3.05, 3.63) is 36.5 Å². The lowest BCUT2D eigenvalue weighted by Gasteiger charge is -2.19. The minimum atomic E-state index is -0.473. The molecule has 1 amide bonds. The number of carbonyl (C=O) groups is 1. The van der Waals surface area contributed by atoms with Gasteiger partial charge in [0.25, 0.3) is 0 Å². The number of aromatic nitrogens is 1. The fourth-order valence-corrected chi connectivity index (χ4v) is 1.05. The first kappa shape index (κ1) is 12.5. The quantitative estimate of drug-likeness (QED) is 0.833. The number of carbonyl (C=O) groups excluding carboxylic acids is 1. The van der Waals surface area contributed by atoms with Crippen LogP contribution in [0.3, 0.4) is 0 Å². The Morgan fingerprint density at radius 3 is 2.69 bits per heavy atom. The minimum absolute atomic E-state index is 0.405. The molecule has 1 N–H and O–H groups in total. The number of alkyl carbamates (subject to hydrolysis) is 1. The van der Waals surface area contributed by atoms with Gasteiger partial charge in [0, 0.05) is 18.4 Å². The van der Waals surface area contributed by atoms with Crippen LogP contribution >= 0.6 is 0 Å². The van der Waals surface area contributed by atoms with Crippen LogP contribution in [-0.4, -0.2) is 16.7 Å². The predicted octanol–water partition coefficient (Wildman–Crippen LogP) is 2.29. The Labute approximate surface area is 96.0 Å². The molecule has 0 spiro atoms. The van der Waals surface area contributed by atoms with Gasteiger partial charge in [0.15, 0.2) is 0 Å². The van der Waals surface area contributed by atoms with Gasteiger partial charge in [0.1, 0.15) is 5.60 Å². The number of pyridine rings is 1. The zero-order valence-electron chi connectivity index (χ0n) is 9.91. The van der Waals surface area contributed by atoms with E-state index in [1.165, 1.54) is 0 Å². The van der Waals surface area contributed by atoms with Crippen molar-refractivity contribution in [2.24, 2.45) is 0 Å². The van der Waals surface area contributed by atoms with Crippen LogP contribution in [0, 0.1) is 6.92 Å². The van der Waals surface area contributed by atoms with Crippen LogP contribution in [0.25, 0.3) is 0 Å². The normalized spacial score (nSPS) is 11.0. The molecule has 4 heteroatoms. The second-order valence-electron chi connectivity index (χ2n) is 4.51. The number of rotatable bonds is 2. The summed E-state index contributed by atoms with van der Waals surface area (Å²) in [5, 5.41) is 2.65. The summed E-state index contributed by atoms with van der Waals surface area (Å²) in [6.45, 7) is 9.56. The lowest BCUT2D eigenvalue weighted by molar-refractivity contribution is 0.0523. The lowest BCUT2D eigenvalue weighted by atomic mass is 10.2. The summed E-state index contributed by atoms with van der Waals surface area (Å²) in [5.41, 5.74) is 1.15. The molecule has 0 aliphatic rings. The number of amides is 1. The summed E-state index contributed by atoms with van der Waals surface area (Å²) in [7, 11) is 0. The molecule has 0 aliphatic carbocycles. The number of ether oxygens (including phenoxy) is 1. The van der Waals surface area contributed by atoms with Crippen molar-refractivity contribution < 1.29 is 9.53 Å². The van der Waals surface area contributed by atoms with Crippen molar-refractivity contribution in [2.45, 2.75) is 32.9 Å². The van der Waals surface area contributed by atoms with Crippen LogP contribution in [-0.2, 0) is 11.3 Å². The smallest absolute Gasteiger partial charge is 0.407 e. The van der Waals surface area contributed by atoms with Crippen molar-refractivity contribution >= 4 is 6.09 Å². The molecule has 0 fully saturated rings. The van der Waals surface area contributed by atoms with E-state index < -0.39 is 11.7 Å². The van der Waals surface area contributed by atoms with Crippen molar-refractivity contribution in [1.29, 1.82) is 0 Å². The van der Waals surface area contributed by atoms with Crippen molar-refractivity contribution in [1.82, 2.24) is 10.3 Å². The summed E-state index contributed by atoms with van der Waals surface area (Å²) < 4.78 is 5.10. The van der Waals surface area contributed by atoms with E-state index in [1.54, 1.807) is 12.3 Å². The molecule has 0 aliphatic heterocycles. The van der Waals surface area contributed by atoms with E-state index in [0.29, 0.717) is 12.2 Å². The van der Waals surface area contributed by atoms with Crippen LogP contribution in [0.4, 0.5) is 4.79 Å². The van der Waals surface area contributed by atoms with Crippen LogP contribution in [0.5, 0.6) is 0 Å². The molecular weight excluding hydrogens is 204 g/mol. The van der Waals surface area contributed by atoms with E-state index in [1.807, 2.05) is 26.8 Å². The zero-order chi connectivity index (χ0) is 12.2. The Morgan fingerprint density at radius 1 is 1.50 bits per heavy atom. The zero-order valence-corrected chi connectivity index (χ0v) is 9.91. The molecule has 1 aromatic heterocycles. The monoisotopic (exact) mass is 221 g/mol. The van der Waals surface area contributed by atoms with Crippen molar-refractivity contribution in [3.63, 3.8) is 0 Å². The third-order valence-corrected chi connectivity index (χ3v) is 1.72. The molecule has 87 valence electrons. The number of nitrogens with zero attached hydrogens (tertiary/aromatic N) is 1. The van der Waals surface area contributed by atoms with Crippen LogP contribution in [0.1, 0.15) is 32.0 Å². The molecule has 4 nitrogen and oxygen atoms in total. The average molecular weight is 221 g/mol. The Bertz CT molecular complexity index is 352. The van der Waals surface area contributed by atoms with Crippen molar-refractivity contribution in [2.75, 3.05) is 0 Å². The van der Waals surface area contributed by atoms with E-state index in [-0.39, 0.29) is 0 Å². The molecule has 0 atom stereocenters. The van der Waals surface area contributed by atoms with Crippen molar-refractivity contribution in [3.8, 4) is 0 Å². The van der Waals surface area contributed by atoms with E-state index in [0.717, 1.165) is 5.56 Å². The number of hydrogen-bond donors (Lipinski definition) is 1. The molecule has 16 heavy (non-hydrogen) atoms. The summed E-state index contributed by atoms with van der Waals surface area (Å²) in [6, 6.07) is 3.67. The van der Waals surface area contributed by atoms with Gasteiger partial charge in [-0.25, -0.2) is 4.79 Å². The third kappa shape index (κ3) is 4.77. The van der Waals surface area contributed by atoms with Gasteiger partial charge in [-0.3, -0.25) is 4.98 Å². The molecule has 0 unspecified atom stereocenters. The van der Waals surface area contributed by atoms with E-state index >= 15 is 0 Å². The second-order valence-corrected chi connectivity index (χ2v) is 4.51. The van der Waals surface area contributed by atoms with Gasteiger partial charge in [-0.2, -0.15) is 0 Å². The van der Waals surface area contributed by atoms with Gasteiger partial charge in [-0.05, 0) is 39.3 Å². The van der Waals surface area contributed by atoms with Crippen LogP contribution < -0.4 is 5.32 Å². The van der Waals surface area contributed by atoms with Crippen LogP contribution in [0.2, 0.25) is 0 Å².